The Hall–Kier alpha value is -0.930. The third-order valence-electron chi connectivity index (χ3n) is 2.19. The average molecular weight is 219 g/mol. The highest BCUT2D eigenvalue weighted by molar-refractivity contribution is 5.24. The topological polar surface area (TPSA) is 4.93 Å². The van der Waals surface area contributed by atoms with Crippen LogP contribution >= 0.6 is 0 Å². The Morgan fingerprint density at radius 3 is 2.07 bits per heavy atom. The summed E-state index contributed by atoms with van der Waals surface area (Å²) in [6.07, 6.45) is -2.74. The van der Waals surface area contributed by atoms with Gasteiger partial charge in [-0.05, 0) is 18.4 Å². The minimum atomic E-state index is -4.24. The van der Waals surface area contributed by atoms with E-state index in [9.17, 15) is 13.2 Å². The normalized spacial score (nSPS) is 13.3. The Morgan fingerprint density at radius 1 is 1.20 bits per heavy atom. The molecule has 0 saturated carbocycles. The highest BCUT2D eigenvalue weighted by Gasteiger charge is 2.34. The maximum absolute atomic E-state index is 12.5. The number of hydrogen-bond acceptors (Lipinski definition) is 0. The van der Waals surface area contributed by atoms with Gasteiger partial charge >= 0.3 is 6.18 Å². The van der Waals surface area contributed by atoms with Crippen LogP contribution in [0.3, 0.4) is 0 Å². The molecule has 1 nitrogen and oxygen atoms in total. The monoisotopic (exact) mass is 219 g/mol. The molecule has 1 aromatic heterocycles. The summed E-state index contributed by atoms with van der Waals surface area (Å²) in [6, 6.07) is 1.14. The SMILES string of the molecule is Cc1c(C(F)(F)F)ccn1CC(C)(C)C. The second-order valence-corrected chi connectivity index (χ2v) is 5.00. The lowest BCUT2D eigenvalue weighted by molar-refractivity contribution is -0.138. The third kappa shape index (κ3) is 3.01. The number of halogens is 3. The van der Waals surface area contributed by atoms with Gasteiger partial charge in [0.1, 0.15) is 0 Å². The van der Waals surface area contributed by atoms with Crippen molar-refractivity contribution in [3.8, 4) is 0 Å². The van der Waals surface area contributed by atoms with Crippen LogP contribution in [0.4, 0.5) is 13.2 Å². The largest absolute Gasteiger partial charge is 0.418 e. The quantitative estimate of drug-likeness (QED) is 0.675. The van der Waals surface area contributed by atoms with Crippen LogP contribution in [0.25, 0.3) is 0 Å². The van der Waals surface area contributed by atoms with E-state index in [0.29, 0.717) is 6.54 Å². The number of hydrogen-bond donors (Lipinski definition) is 0. The van der Waals surface area contributed by atoms with Crippen molar-refractivity contribution in [1.82, 2.24) is 4.57 Å². The molecule has 0 radical (unpaired) electrons. The smallest absolute Gasteiger partial charge is 0.351 e. The summed E-state index contributed by atoms with van der Waals surface area (Å²) >= 11 is 0. The van der Waals surface area contributed by atoms with Crippen molar-refractivity contribution in [2.24, 2.45) is 5.41 Å². The van der Waals surface area contributed by atoms with Gasteiger partial charge in [0.15, 0.2) is 0 Å². The van der Waals surface area contributed by atoms with Gasteiger partial charge in [-0.3, -0.25) is 0 Å². The zero-order valence-electron chi connectivity index (χ0n) is 9.44. The van der Waals surface area contributed by atoms with Crippen molar-refractivity contribution in [3.05, 3.63) is 23.5 Å². The van der Waals surface area contributed by atoms with Gasteiger partial charge in [-0.1, -0.05) is 20.8 Å². The van der Waals surface area contributed by atoms with E-state index < -0.39 is 11.7 Å². The minimum absolute atomic E-state index is 0.0212. The molecule has 0 fully saturated rings. The van der Waals surface area contributed by atoms with E-state index in [1.54, 1.807) is 4.57 Å². The lowest BCUT2D eigenvalue weighted by atomic mass is 9.97. The Morgan fingerprint density at radius 2 is 1.73 bits per heavy atom. The first-order chi connectivity index (χ1) is 6.61. The first kappa shape index (κ1) is 12.1. The van der Waals surface area contributed by atoms with Crippen LogP contribution in [0.15, 0.2) is 12.3 Å². The van der Waals surface area contributed by atoms with Crippen molar-refractivity contribution < 1.29 is 13.2 Å². The summed E-state index contributed by atoms with van der Waals surface area (Å²) in [5, 5.41) is 0. The molecule has 15 heavy (non-hydrogen) atoms. The number of aromatic nitrogens is 1. The van der Waals surface area contributed by atoms with Gasteiger partial charge in [-0.15, -0.1) is 0 Å². The summed E-state index contributed by atoms with van der Waals surface area (Å²) in [7, 11) is 0. The standard InChI is InChI=1S/C11H16F3N/c1-8-9(11(12,13)14)5-6-15(8)7-10(2,3)4/h5-6H,7H2,1-4H3. The summed E-state index contributed by atoms with van der Waals surface area (Å²) < 4.78 is 39.1. The molecule has 1 aromatic rings. The van der Waals surface area contributed by atoms with E-state index in [0.717, 1.165) is 6.07 Å². The van der Waals surface area contributed by atoms with Gasteiger partial charge in [0.2, 0.25) is 0 Å². The second-order valence-electron chi connectivity index (χ2n) is 5.00. The molecule has 0 atom stereocenters. The molecule has 1 rings (SSSR count). The molecule has 0 amide bonds. The second kappa shape index (κ2) is 3.58. The zero-order chi connectivity index (χ0) is 11.9. The third-order valence-corrected chi connectivity index (χ3v) is 2.19. The van der Waals surface area contributed by atoms with Gasteiger partial charge in [0.25, 0.3) is 0 Å². The van der Waals surface area contributed by atoms with Crippen LogP contribution in [0.5, 0.6) is 0 Å². The van der Waals surface area contributed by atoms with Crippen LogP contribution in [0.2, 0.25) is 0 Å². The molecule has 0 aliphatic rings. The minimum Gasteiger partial charge on any atom is -0.351 e. The molecule has 0 bridgehead atoms. The summed E-state index contributed by atoms with van der Waals surface area (Å²) in [5.74, 6) is 0. The number of alkyl halides is 3. The maximum Gasteiger partial charge on any atom is 0.418 e. The molecule has 0 N–H and O–H groups in total. The number of nitrogens with zero attached hydrogens (tertiary/aromatic N) is 1. The van der Waals surface area contributed by atoms with Crippen molar-refractivity contribution in [2.75, 3.05) is 0 Å². The molecule has 0 spiro atoms. The van der Waals surface area contributed by atoms with Crippen LogP contribution in [0, 0.1) is 12.3 Å². The highest BCUT2D eigenvalue weighted by atomic mass is 19.4. The summed E-state index contributed by atoms with van der Waals surface area (Å²) in [6.45, 7) is 8.10. The predicted molar refractivity (Wildman–Crippen MR) is 53.6 cm³/mol. The zero-order valence-corrected chi connectivity index (χ0v) is 9.44. The van der Waals surface area contributed by atoms with Crippen LogP contribution in [-0.4, -0.2) is 4.57 Å². The van der Waals surface area contributed by atoms with Gasteiger partial charge in [0, 0.05) is 18.4 Å². The fourth-order valence-corrected chi connectivity index (χ4v) is 1.53. The lowest BCUT2D eigenvalue weighted by Gasteiger charge is -2.20. The Bertz CT molecular complexity index is 342. The van der Waals surface area contributed by atoms with Crippen molar-refractivity contribution in [2.45, 2.75) is 40.4 Å². The van der Waals surface area contributed by atoms with Crippen LogP contribution in [-0.2, 0) is 12.7 Å². The van der Waals surface area contributed by atoms with Crippen LogP contribution in [0.1, 0.15) is 32.0 Å². The molecule has 0 aromatic carbocycles. The van der Waals surface area contributed by atoms with Gasteiger partial charge in [-0.25, -0.2) is 0 Å². The Labute approximate surface area is 87.9 Å². The molecule has 0 aliphatic heterocycles. The first-order valence-electron chi connectivity index (χ1n) is 4.84. The molecule has 86 valence electrons. The molecule has 0 aliphatic carbocycles. The van der Waals surface area contributed by atoms with Crippen molar-refractivity contribution in [3.63, 3.8) is 0 Å². The van der Waals surface area contributed by atoms with E-state index in [1.807, 2.05) is 20.8 Å². The molecule has 1 heterocycles. The summed E-state index contributed by atoms with van der Waals surface area (Å²) in [5.41, 5.74) is -0.267. The van der Waals surface area contributed by atoms with E-state index in [-0.39, 0.29) is 11.1 Å². The average Bonchev–Trinajstić information content (AvgIpc) is 2.27. The van der Waals surface area contributed by atoms with Gasteiger partial charge < -0.3 is 4.57 Å². The Balaban J connectivity index is 3.00. The predicted octanol–water partition coefficient (Wildman–Crippen LogP) is 3.86. The number of rotatable bonds is 1. The lowest BCUT2D eigenvalue weighted by Crippen LogP contribution is -2.16. The molecule has 4 heteroatoms. The van der Waals surface area contributed by atoms with E-state index in [1.165, 1.54) is 13.1 Å². The van der Waals surface area contributed by atoms with Gasteiger partial charge in [0.05, 0.1) is 5.56 Å². The van der Waals surface area contributed by atoms with E-state index >= 15 is 0 Å². The highest BCUT2D eigenvalue weighted by Crippen LogP contribution is 2.33. The fraction of sp³-hybridized carbons (Fsp3) is 0.636. The van der Waals surface area contributed by atoms with Crippen molar-refractivity contribution >= 4 is 0 Å². The first-order valence-corrected chi connectivity index (χ1v) is 4.84. The van der Waals surface area contributed by atoms with Crippen molar-refractivity contribution in [1.29, 1.82) is 0 Å². The molecule has 0 unspecified atom stereocenters. The Kier molecular flexibility index (Phi) is 2.90. The van der Waals surface area contributed by atoms with Crippen LogP contribution < -0.4 is 0 Å². The van der Waals surface area contributed by atoms with E-state index in [4.69, 9.17) is 0 Å². The van der Waals surface area contributed by atoms with Gasteiger partial charge in [-0.2, -0.15) is 13.2 Å². The summed E-state index contributed by atoms with van der Waals surface area (Å²) in [4.78, 5) is 0. The molecular formula is C11H16F3N. The molecule has 0 saturated heterocycles. The maximum atomic E-state index is 12.5. The van der Waals surface area contributed by atoms with E-state index in [2.05, 4.69) is 0 Å². The fourth-order valence-electron chi connectivity index (χ4n) is 1.53. The molecular weight excluding hydrogens is 203 g/mol.